The van der Waals surface area contributed by atoms with Crippen LogP contribution in [-0.4, -0.2) is 67.0 Å². The number of hydrogen-bond acceptors (Lipinski definition) is 5. The van der Waals surface area contributed by atoms with Crippen molar-refractivity contribution in [3.63, 3.8) is 0 Å². The molecule has 2 aliphatic heterocycles. The number of pyridine rings is 1. The summed E-state index contributed by atoms with van der Waals surface area (Å²) in [5.41, 5.74) is 0.267. The van der Waals surface area contributed by atoms with Crippen LogP contribution in [0, 0.1) is 0 Å². The van der Waals surface area contributed by atoms with Crippen molar-refractivity contribution in [3.05, 3.63) is 46.8 Å². The van der Waals surface area contributed by atoms with Gasteiger partial charge in [-0.25, -0.2) is 0 Å². The number of ether oxygens (including phenoxy) is 2. The molecule has 2 saturated heterocycles. The van der Waals surface area contributed by atoms with Crippen LogP contribution in [0.4, 0.5) is 0 Å². The van der Waals surface area contributed by atoms with E-state index in [1.165, 1.54) is 6.07 Å². The number of aromatic nitrogens is 1. The Bertz CT molecular complexity index is 855. The molecule has 1 spiro atoms. The molecule has 1 amide bonds. The average Bonchev–Trinajstić information content (AvgIpc) is 2.89. The summed E-state index contributed by atoms with van der Waals surface area (Å²) in [4.78, 5) is 26.8. The smallest absolute Gasteiger partial charge is 0.242 e. The molecule has 1 aromatic heterocycles. The molecule has 0 aliphatic carbocycles. The number of carbonyl (C=O) groups excluding carboxylic acids is 1. The highest BCUT2D eigenvalue weighted by Gasteiger charge is 2.39. The Morgan fingerprint density at radius 2 is 2.12 bits per heavy atom. The Morgan fingerprint density at radius 1 is 1.23 bits per heavy atom. The van der Waals surface area contributed by atoms with Gasteiger partial charge in [0.15, 0.2) is 5.43 Å². The molecule has 0 radical (unpaired) electrons. The Kier molecular flexibility index (Phi) is 4.76. The number of rotatable bonds is 2. The predicted octanol–water partition coefficient (Wildman–Crippen LogP) is 0.219. The summed E-state index contributed by atoms with van der Waals surface area (Å²) in [5.74, 6) is 0.0192. The van der Waals surface area contributed by atoms with Crippen LogP contribution in [0.5, 0.6) is 0 Å². The minimum Gasteiger partial charge on any atom is -0.377 e. The zero-order chi connectivity index (χ0) is 18.0. The van der Waals surface area contributed by atoms with Gasteiger partial charge in [-0.05, 0) is 12.1 Å². The largest absolute Gasteiger partial charge is 0.377 e. The summed E-state index contributed by atoms with van der Waals surface area (Å²) in [6.45, 7) is 4.40. The highest BCUT2D eigenvalue weighted by atomic mass is 16.5. The van der Waals surface area contributed by atoms with Gasteiger partial charge >= 0.3 is 0 Å². The van der Waals surface area contributed by atoms with Crippen molar-refractivity contribution in [2.24, 2.45) is 0 Å². The highest BCUT2D eigenvalue weighted by molar-refractivity contribution is 5.82. The molecule has 2 fully saturated rings. The predicted molar refractivity (Wildman–Crippen MR) is 97.2 cm³/mol. The van der Waals surface area contributed by atoms with E-state index in [0.717, 1.165) is 12.1 Å². The standard InChI is InChI=1S/C19H23N3O4/c23-17-5-7-21(16-4-2-1-3-15(16)17)11-18(24)22-8-10-26-19(13-22)12-20-6-9-25-14-19/h1-5,7,20H,6,8-14H2. The van der Waals surface area contributed by atoms with Crippen molar-refractivity contribution in [2.75, 3.05) is 46.0 Å². The number of nitrogens with one attached hydrogen (secondary N) is 1. The van der Waals surface area contributed by atoms with Gasteiger partial charge in [0.05, 0.1) is 31.9 Å². The number of carbonyl (C=O) groups is 1. The van der Waals surface area contributed by atoms with Gasteiger partial charge in [-0.3, -0.25) is 9.59 Å². The Labute approximate surface area is 151 Å². The maximum atomic E-state index is 12.9. The average molecular weight is 357 g/mol. The summed E-state index contributed by atoms with van der Waals surface area (Å²) in [5, 5.41) is 3.95. The third-order valence-electron chi connectivity index (χ3n) is 5.03. The van der Waals surface area contributed by atoms with Crippen molar-refractivity contribution in [2.45, 2.75) is 12.1 Å². The van der Waals surface area contributed by atoms with Crippen LogP contribution in [0.2, 0.25) is 0 Å². The van der Waals surface area contributed by atoms with E-state index < -0.39 is 5.60 Å². The first-order valence-corrected chi connectivity index (χ1v) is 8.95. The number of amides is 1. The quantitative estimate of drug-likeness (QED) is 0.832. The van der Waals surface area contributed by atoms with Crippen LogP contribution >= 0.6 is 0 Å². The van der Waals surface area contributed by atoms with E-state index >= 15 is 0 Å². The van der Waals surface area contributed by atoms with Gasteiger partial charge in [0.2, 0.25) is 5.91 Å². The molecule has 1 atom stereocenters. The second-order valence-corrected chi connectivity index (χ2v) is 6.90. The maximum absolute atomic E-state index is 12.9. The van der Waals surface area contributed by atoms with Crippen molar-refractivity contribution in [3.8, 4) is 0 Å². The summed E-state index contributed by atoms with van der Waals surface area (Å²) in [6, 6.07) is 8.88. The molecule has 4 rings (SSSR count). The van der Waals surface area contributed by atoms with Crippen molar-refractivity contribution >= 4 is 16.8 Å². The van der Waals surface area contributed by atoms with E-state index in [1.807, 2.05) is 27.7 Å². The second-order valence-electron chi connectivity index (χ2n) is 6.90. The molecule has 7 heteroatoms. The third kappa shape index (κ3) is 3.38. The monoisotopic (exact) mass is 357 g/mol. The van der Waals surface area contributed by atoms with Gasteiger partial charge in [-0.2, -0.15) is 0 Å². The van der Waals surface area contributed by atoms with E-state index in [9.17, 15) is 9.59 Å². The lowest BCUT2D eigenvalue weighted by molar-refractivity contribution is -0.158. The van der Waals surface area contributed by atoms with Crippen LogP contribution in [0.15, 0.2) is 41.3 Å². The topological polar surface area (TPSA) is 72.8 Å². The van der Waals surface area contributed by atoms with E-state index in [1.54, 1.807) is 12.3 Å². The van der Waals surface area contributed by atoms with Crippen LogP contribution < -0.4 is 10.7 Å². The molecular weight excluding hydrogens is 334 g/mol. The number of fused-ring (bicyclic) bond motifs is 1. The summed E-state index contributed by atoms with van der Waals surface area (Å²) >= 11 is 0. The number of morpholine rings is 1. The number of para-hydroxylation sites is 1. The third-order valence-corrected chi connectivity index (χ3v) is 5.03. The van der Waals surface area contributed by atoms with Gasteiger partial charge < -0.3 is 24.3 Å². The van der Waals surface area contributed by atoms with E-state index in [0.29, 0.717) is 44.8 Å². The molecule has 1 N–H and O–H groups in total. The van der Waals surface area contributed by atoms with Crippen LogP contribution in [0.1, 0.15) is 0 Å². The first-order chi connectivity index (χ1) is 12.7. The molecule has 1 aromatic carbocycles. The normalized spacial score (nSPS) is 23.9. The minimum absolute atomic E-state index is 0.0192. The minimum atomic E-state index is -0.476. The molecular formula is C19H23N3O4. The SMILES string of the molecule is O=C(Cn1ccc(=O)c2ccccc21)N1CCOC2(CNCCOC2)C1. The first kappa shape index (κ1) is 17.2. The summed E-state index contributed by atoms with van der Waals surface area (Å²) in [7, 11) is 0. The van der Waals surface area contributed by atoms with Crippen molar-refractivity contribution in [1.82, 2.24) is 14.8 Å². The number of hydrogen-bond donors (Lipinski definition) is 1. The fourth-order valence-corrected chi connectivity index (χ4v) is 3.67. The molecule has 0 saturated carbocycles. The van der Waals surface area contributed by atoms with Gasteiger partial charge in [0.25, 0.3) is 0 Å². The molecule has 138 valence electrons. The van der Waals surface area contributed by atoms with Gasteiger partial charge in [-0.15, -0.1) is 0 Å². The first-order valence-electron chi connectivity index (χ1n) is 8.95. The lowest BCUT2D eigenvalue weighted by atomic mass is 10.0. The van der Waals surface area contributed by atoms with Crippen LogP contribution in [-0.2, 0) is 20.8 Å². The zero-order valence-corrected chi connectivity index (χ0v) is 14.6. The van der Waals surface area contributed by atoms with E-state index in [4.69, 9.17) is 9.47 Å². The molecule has 2 aliphatic rings. The fourth-order valence-electron chi connectivity index (χ4n) is 3.67. The fraction of sp³-hybridized carbons (Fsp3) is 0.474. The second kappa shape index (κ2) is 7.19. The van der Waals surface area contributed by atoms with Crippen molar-refractivity contribution < 1.29 is 14.3 Å². The van der Waals surface area contributed by atoms with Gasteiger partial charge in [-0.1, -0.05) is 12.1 Å². The van der Waals surface area contributed by atoms with Gasteiger partial charge in [0, 0.05) is 37.3 Å². The summed E-state index contributed by atoms with van der Waals surface area (Å²) in [6.07, 6.45) is 1.69. The van der Waals surface area contributed by atoms with Crippen LogP contribution in [0.3, 0.4) is 0 Å². The Morgan fingerprint density at radius 3 is 3.04 bits per heavy atom. The lowest BCUT2D eigenvalue weighted by Crippen LogP contribution is -2.59. The Balaban J connectivity index is 1.53. The molecule has 3 heterocycles. The highest BCUT2D eigenvalue weighted by Crippen LogP contribution is 2.20. The molecule has 0 bridgehead atoms. The maximum Gasteiger partial charge on any atom is 0.242 e. The zero-order valence-electron chi connectivity index (χ0n) is 14.6. The number of nitrogens with zero attached hydrogens (tertiary/aromatic N) is 2. The van der Waals surface area contributed by atoms with E-state index in [-0.39, 0.29) is 17.9 Å². The van der Waals surface area contributed by atoms with Crippen molar-refractivity contribution in [1.29, 1.82) is 0 Å². The Hall–Kier alpha value is -2.22. The molecule has 2 aromatic rings. The van der Waals surface area contributed by atoms with E-state index in [2.05, 4.69) is 5.32 Å². The summed E-state index contributed by atoms with van der Waals surface area (Å²) < 4.78 is 13.4. The molecule has 1 unspecified atom stereocenters. The molecule has 26 heavy (non-hydrogen) atoms. The van der Waals surface area contributed by atoms with Gasteiger partial charge in [0.1, 0.15) is 12.1 Å². The lowest BCUT2D eigenvalue weighted by Gasteiger charge is -2.41. The van der Waals surface area contributed by atoms with Crippen LogP contribution in [0.25, 0.3) is 10.9 Å². The molecule has 7 nitrogen and oxygen atoms in total. The number of benzene rings is 1.